The van der Waals surface area contributed by atoms with Gasteiger partial charge in [-0.1, -0.05) is 18.1 Å². The Labute approximate surface area is 223 Å². The number of benzene rings is 1. The summed E-state index contributed by atoms with van der Waals surface area (Å²) in [6.45, 7) is 0.783. The van der Waals surface area contributed by atoms with E-state index in [9.17, 15) is 22.4 Å². The SMILES string of the molecule is CNC(=O)c1ccc(OCC#Cc2oc3c(N[C@@H]4CCN(C)C[C@@H]4F)cccc3c2CC(F)(F)F)c(NC)n1. The number of pyridine rings is 1. The first kappa shape index (κ1) is 28.0. The average molecular weight is 548 g/mol. The Balaban J connectivity index is 1.59. The van der Waals surface area contributed by atoms with Crippen LogP contribution in [0.1, 0.15) is 28.2 Å². The van der Waals surface area contributed by atoms with Gasteiger partial charge in [-0.25, -0.2) is 9.37 Å². The molecule has 2 atom stereocenters. The number of amides is 1. The molecule has 0 spiro atoms. The van der Waals surface area contributed by atoms with E-state index in [2.05, 4.69) is 32.8 Å². The van der Waals surface area contributed by atoms with Crippen molar-refractivity contribution >= 4 is 28.4 Å². The van der Waals surface area contributed by atoms with Crippen LogP contribution >= 0.6 is 0 Å². The summed E-state index contributed by atoms with van der Waals surface area (Å²) in [7, 11) is 4.93. The topological polar surface area (TPSA) is 91.7 Å². The molecule has 0 saturated carbocycles. The van der Waals surface area contributed by atoms with Gasteiger partial charge in [-0.3, -0.25) is 4.79 Å². The van der Waals surface area contributed by atoms with Crippen molar-refractivity contribution in [1.82, 2.24) is 15.2 Å². The zero-order valence-corrected chi connectivity index (χ0v) is 21.7. The summed E-state index contributed by atoms with van der Waals surface area (Å²) in [6, 6.07) is 7.33. The lowest BCUT2D eigenvalue weighted by Gasteiger charge is -2.33. The molecule has 3 aromatic rings. The third-order valence-electron chi connectivity index (χ3n) is 6.34. The number of aromatic nitrogens is 1. The number of para-hydroxylation sites is 1. The molecule has 39 heavy (non-hydrogen) atoms. The lowest BCUT2D eigenvalue weighted by Crippen LogP contribution is -2.46. The molecule has 1 aliphatic heterocycles. The van der Waals surface area contributed by atoms with E-state index in [-0.39, 0.29) is 47.0 Å². The number of furan rings is 1. The minimum absolute atomic E-state index is 0.0960. The van der Waals surface area contributed by atoms with Crippen molar-refractivity contribution in [1.29, 1.82) is 0 Å². The summed E-state index contributed by atoms with van der Waals surface area (Å²) in [6.07, 6.45) is -6.32. The van der Waals surface area contributed by atoms with E-state index in [0.717, 1.165) is 0 Å². The molecule has 1 fully saturated rings. The Kier molecular flexibility index (Phi) is 8.50. The fraction of sp³-hybridized carbons (Fsp3) is 0.407. The van der Waals surface area contributed by atoms with E-state index in [4.69, 9.17) is 9.15 Å². The lowest BCUT2D eigenvalue weighted by molar-refractivity contribution is -0.127. The highest BCUT2D eigenvalue weighted by Crippen LogP contribution is 2.36. The van der Waals surface area contributed by atoms with Crippen LogP contribution in [0.5, 0.6) is 5.75 Å². The van der Waals surface area contributed by atoms with Gasteiger partial charge in [0.1, 0.15) is 18.5 Å². The van der Waals surface area contributed by atoms with Crippen molar-refractivity contribution in [3.63, 3.8) is 0 Å². The molecule has 1 aromatic carbocycles. The number of hydrogen-bond acceptors (Lipinski definition) is 7. The Morgan fingerprint density at radius 3 is 2.74 bits per heavy atom. The number of ether oxygens (including phenoxy) is 1. The maximum absolute atomic E-state index is 14.6. The van der Waals surface area contributed by atoms with Crippen LogP contribution in [0, 0.1) is 11.8 Å². The first-order chi connectivity index (χ1) is 18.6. The van der Waals surface area contributed by atoms with Crippen molar-refractivity contribution < 1.29 is 31.5 Å². The van der Waals surface area contributed by atoms with Gasteiger partial charge in [-0.15, -0.1) is 0 Å². The molecule has 1 amide bonds. The molecule has 8 nitrogen and oxygen atoms in total. The van der Waals surface area contributed by atoms with E-state index in [1.165, 1.54) is 19.2 Å². The molecule has 1 saturated heterocycles. The Hall–Kier alpha value is -3.98. The van der Waals surface area contributed by atoms with Gasteiger partial charge in [0.15, 0.2) is 22.9 Å². The maximum atomic E-state index is 14.6. The van der Waals surface area contributed by atoms with Crippen molar-refractivity contribution in [2.24, 2.45) is 0 Å². The number of piperidine rings is 1. The van der Waals surface area contributed by atoms with Crippen LogP contribution in [0.15, 0.2) is 34.7 Å². The fourth-order valence-electron chi connectivity index (χ4n) is 4.41. The zero-order chi connectivity index (χ0) is 28.2. The monoisotopic (exact) mass is 547 g/mol. The minimum atomic E-state index is -4.49. The van der Waals surface area contributed by atoms with Crippen molar-refractivity contribution in [2.45, 2.75) is 31.2 Å². The first-order valence-electron chi connectivity index (χ1n) is 12.3. The number of nitrogens with zero attached hydrogens (tertiary/aromatic N) is 2. The molecule has 1 aliphatic rings. The summed E-state index contributed by atoms with van der Waals surface area (Å²) in [5.41, 5.74) is 0.697. The van der Waals surface area contributed by atoms with Crippen molar-refractivity contribution in [3.05, 3.63) is 47.3 Å². The van der Waals surface area contributed by atoms with Crippen molar-refractivity contribution in [2.75, 3.05) is 51.5 Å². The zero-order valence-electron chi connectivity index (χ0n) is 21.7. The Bertz CT molecular complexity index is 1400. The highest BCUT2D eigenvalue weighted by atomic mass is 19.4. The van der Waals surface area contributed by atoms with E-state index in [1.807, 2.05) is 11.9 Å². The van der Waals surface area contributed by atoms with E-state index >= 15 is 0 Å². The number of anilines is 2. The fourth-order valence-corrected chi connectivity index (χ4v) is 4.41. The maximum Gasteiger partial charge on any atom is 0.393 e. The normalized spacial score (nSPS) is 17.8. The molecule has 2 aromatic heterocycles. The second-order valence-electron chi connectivity index (χ2n) is 9.16. The predicted octanol–water partition coefficient (Wildman–Crippen LogP) is 4.22. The van der Waals surface area contributed by atoms with Gasteiger partial charge in [0, 0.05) is 38.1 Å². The number of hydrogen-bond donors (Lipinski definition) is 3. The van der Waals surface area contributed by atoms with Gasteiger partial charge >= 0.3 is 6.18 Å². The van der Waals surface area contributed by atoms with Crippen LogP contribution in [0.3, 0.4) is 0 Å². The summed E-state index contributed by atoms with van der Waals surface area (Å²) < 4.78 is 66.5. The van der Waals surface area contributed by atoms with Crippen LogP contribution in [-0.2, 0) is 6.42 Å². The minimum Gasteiger partial charge on any atom is -0.477 e. The third-order valence-corrected chi connectivity index (χ3v) is 6.34. The van der Waals surface area contributed by atoms with E-state index in [1.54, 1.807) is 25.2 Å². The van der Waals surface area contributed by atoms with E-state index < -0.39 is 24.8 Å². The van der Waals surface area contributed by atoms with Crippen LogP contribution in [0.2, 0.25) is 0 Å². The van der Waals surface area contributed by atoms with Gasteiger partial charge < -0.3 is 30.0 Å². The van der Waals surface area contributed by atoms with Gasteiger partial charge in [0.05, 0.1) is 18.2 Å². The first-order valence-corrected chi connectivity index (χ1v) is 12.3. The van der Waals surface area contributed by atoms with Gasteiger partial charge in [0.25, 0.3) is 5.91 Å². The quantitative estimate of drug-likeness (QED) is 0.302. The summed E-state index contributed by atoms with van der Waals surface area (Å²) in [4.78, 5) is 17.9. The number of fused-ring (bicyclic) bond motifs is 1. The lowest BCUT2D eigenvalue weighted by atomic mass is 10.0. The number of carbonyl (C=O) groups is 1. The molecule has 3 N–H and O–H groups in total. The summed E-state index contributed by atoms with van der Waals surface area (Å²) >= 11 is 0. The standard InChI is InChI=1S/C27H29F4N5O3/c1-32-25-23(10-9-21(35-25)26(37)33-2)38-13-5-8-22-17(14-27(29,30)31)16-6-4-7-20(24(16)39-22)34-19-11-12-36(3)15-18(19)28/h4,6-7,9-10,18-19,34H,11-15H2,1-3H3,(H,32,35)(H,33,37)/t18-,19+/m0/s1. The third kappa shape index (κ3) is 6.72. The Morgan fingerprint density at radius 2 is 2.05 bits per heavy atom. The summed E-state index contributed by atoms with van der Waals surface area (Å²) in [5, 5.41) is 8.69. The molecule has 0 radical (unpaired) electrons. The molecular formula is C27H29F4N5O3. The van der Waals surface area contributed by atoms with Gasteiger partial charge in [-0.2, -0.15) is 13.2 Å². The molecular weight excluding hydrogens is 518 g/mol. The second kappa shape index (κ2) is 11.8. The Morgan fingerprint density at radius 1 is 1.26 bits per heavy atom. The highest BCUT2D eigenvalue weighted by Gasteiger charge is 2.33. The molecule has 208 valence electrons. The smallest absolute Gasteiger partial charge is 0.393 e. The highest BCUT2D eigenvalue weighted by molar-refractivity contribution is 5.93. The number of nitrogens with one attached hydrogen (secondary N) is 3. The van der Waals surface area contributed by atoms with E-state index in [0.29, 0.717) is 30.2 Å². The average Bonchev–Trinajstić information content (AvgIpc) is 3.24. The van der Waals surface area contributed by atoms with Crippen LogP contribution in [0.4, 0.5) is 29.1 Å². The molecule has 4 rings (SSSR count). The molecule has 12 heteroatoms. The van der Waals surface area contributed by atoms with Gasteiger partial charge in [0.2, 0.25) is 0 Å². The number of carbonyl (C=O) groups excluding carboxylic acids is 1. The second-order valence-corrected chi connectivity index (χ2v) is 9.16. The number of alkyl halides is 4. The van der Waals surface area contributed by atoms with Crippen LogP contribution in [0.25, 0.3) is 11.0 Å². The summed E-state index contributed by atoms with van der Waals surface area (Å²) in [5.74, 6) is 5.46. The number of likely N-dealkylation sites (tertiary alicyclic amines) is 1. The van der Waals surface area contributed by atoms with Crippen LogP contribution in [-0.4, -0.2) is 75.0 Å². The molecule has 0 bridgehead atoms. The van der Waals surface area contributed by atoms with Crippen LogP contribution < -0.4 is 20.7 Å². The van der Waals surface area contributed by atoms with Crippen molar-refractivity contribution in [3.8, 4) is 17.6 Å². The predicted molar refractivity (Wildman–Crippen MR) is 140 cm³/mol. The molecule has 0 aliphatic carbocycles. The number of halogens is 4. The largest absolute Gasteiger partial charge is 0.477 e. The molecule has 3 heterocycles. The molecule has 0 unspecified atom stereocenters. The number of rotatable bonds is 7. The van der Waals surface area contributed by atoms with Gasteiger partial charge in [-0.05, 0) is 37.6 Å².